The lowest BCUT2D eigenvalue weighted by atomic mass is 10.3. The molecule has 1 aliphatic rings. The summed E-state index contributed by atoms with van der Waals surface area (Å²) in [5, 5.41) is 0. The maximum atomic E-state index is 5.84. The number of pyridine rings is 1. The van der Waals surface area contributed by atoms with Crippen LogP contribution >= 0.6 is 0 Å². The first-order chi connectivity index (χ1) is 6.27. The Hall–Kier alpha value is -0.800. The van der Waals surface area contributed by atoms with E-state index >= 15 is 0 Å². The van der Waals surface area contributed by atoms with Crippen LogP contribution in [-0.2, 0) is 0 Å². The number of aryl methyl sites for hydroxylation is 1. The van der Waals surface area contributed by atoms with Gasteiger partial charge in [-0.3, -0.25) is 0 Å². The van der Waals surface area contributed by atoms with Gasteiger partial charge in [0.15, 0.2) is 0 Å². The molecule has 1 saturated heterocycles. The third-order valence-electron chi connectivity index (χ3n) is 2.51. The molecule has 0 aromatic carbocycles. The molecule has 1 atom stereocenters. The summed E-state index contributed by atoms with van der Waals surface area (Å²) in [5.74, 6) is 1.09. The highest BCUT2D eigenvalue weighted by Gasteiger charge is 2.20. The Kier molecular flexibility index (Phi) is 3.72. The van der Waals surface area contributed by atoms with Crippen molar-refractivity contribution in [2.45, 2.75) is 19.4 Å². The van der Waals surface area contributed by atoms with Crippen LogP contribution in [0.2, 0.25) is 0 Å². The summed E-state index contributed by atoms with van der Waals surface area (Å²) in [6.07, 6.45) is 2.92. The van der Waals surface area contributed by atoms with Crippen LogP contribution in [0.3, 0.4) is 0 Å². The van der Waals surface area contributed by atoms with Crippen LogP contribution in [0.25, 0.3) is 0 Å². The van der Waals surface area contributed by atoms with Gasteiger partial charge < -0.3 is 23.0 Å². The van der Waals surface area contributed by atoms with Gasteiger partial charge in [0.25, 0.3) is 0 Å². The van der Waals surface area contributed by atoms with E-state index in [4.69, 9.17) is 5.73 Å². The summed E-state index contributed by atoms with van der Waals surface area (Å²) >= 11 is 0. The second-order valence-corrected chi connectivity index (χ2v) is 3.64. The van der Waals surface area contributed by atoms with Gasteiger partial charge in [-0.25, -0.2) is 4.98 Å². The minimum atomic E-state index is 0. The molecule has 1 aliphatic heterocycles. The van der Waals surface area contributed by atoms with Crippen LogP contribution in [0, 0.1) is 6.92 Å². The van der Waals surface area contributed by atoms with Crippen molar-refractivity contribution in [3.63, 3.8) is 0 Å². The number of hydrogen-bond acceptors (Lipinski definition) is 3. The van der Waals surface area contributed by atoms with Crippen molar-refractivity contribution < 1.29 is 12.4 Å². The molecule has 3 nitrogen and oxygen atoms in total. The molecule has 0 radical (unpaired) electrons. The molecule has 0 unspecified atom stereocenters. The van der Waals surface area contributed by atoms with E-state index in [1.165, 1.54) is 5.56 Å². The minimum Gasteiger partial charge on any atom is -1.00 e. The van der Waals surface area contributed by atoms with E-state index in [-0.39, 0.29) is 12.4 Å². The van der Waals surface area contributed by atoms with E-state index in [2.05, 4.69) is 22.9 Å². The lowest BCUT2D eigenvalue weighted by Crippen LogP contribution is -3.00. The number of hydrogen-bond donors (Lipinski definition) is 1. The summed E-state index contributed by atoms with van der Waals surface area (Å²) in [6, 6.07) is 4.38. The largest absolute Gasteiger partial charge is 1.00 e. The molecule has 2 N–H and O–H groups in total. The first kappa shape index (κ1) is 11.3. The number of halogens is 1. The van der Waals surface area contributed by atoms with Crippen molar-refractivity contribution in [1.82, 2.24) is 4.98 Å². The second-order valence-electron chi connectivity index (χ2n) is 3.64. The zero-order chi connectivity index (χ0) is 9.26. The average molecular weight is 213 g/mol. The van der Waals surface area contributed by atoms with Crippen molar-refractivity contribution in [2.75, 3.05) is 18.0 Å². The van der Waals surface area contributed by atoms with Gasteiger partial charge in [-0.2, -0.15) is 0 Å². The first-order valence-electron chi connectivity index (χ1n) is 4.69. The van der Waals surface area contributed by atoms with Gasteiger partial charge in [0.1, 0.15) is 5.82 Å². The standard InChI is InChI=1S/C10H15N3.ClH/c1-8-3-2-5-12-10(8)13-6-4-9(11)7-13;/h2-3,5,9H,4,6-7,11H2,1H3;1H/p-1/t9-;/m0./s1. The quantitative estimate of drug-likeness (QED) is 0.582. The van der Waals surface area contributed by atoms with E-state index in [1.54, 1.807) is 0 Å². The van der Waals surface area contributed by atoms with Crippen LogP contribution in [0.4, 0.5) is 5.82 Å². The summed E-state index contributed by atoms with van der Waals surface area (Å²) in [7, 11) is 0. The fourth-order valence-electron chi connectivity index (χ4n) is 1.79. The number of rotatable bonds is 1. The van der Waals surface area contributed by atoms with Crippen LogP contribution in [0.15, 0.2) is 18.3 Å². The van der Waals surface area contributed by atoms with Gasteiger partial charge in [-0.05, 0) is 25.0 Å². The monoisotopic (exact) mass is 212 g/mol. The highest BCUT2D eigenvalue weighted by molar-refractivity contribution is 5.46. The molecule has 4 heteroatoms. The predicted molar refractivity (Wildman–Crippen MR) is 53.8 cm³/mol. The molecule has 2 rings (SSSR count). The van der Waals surface area contributed by atoms with Gasteiger partial charge in [0.05, 0.1) is 0 Å². The molecular formula is C10H15ClN3-. The van der Waals surface area contributed by atoms with Crippen molar-refractivity contribution in [1.29, 1.82) is 0 Å². The van der Waals surface area contributed by atoms with E-state index in [0.29, 0.717) is 6.04 Å². The van der Waals surface area contributed by atoms with Gasteiger partial charge in [0.2, 0.25) is 0 Å². The van der Waals surface area contributed by atoms with Crippen molar-refractivity contribution >= 4 is 5.82 Å². The molecule has 0 spiro atoms. The third kappa shape index (κ3) is 2.16. The Balaban J connectivity index is 0.000000980. The van der Waals surface area contributed by atoms with Crippen molar-refractivity contribution in [3.8, 4) is 0 Å². The van der Waals surface area contributed by atoms with Crippen LogP contribution in [-0.4, -0.2) is 24.1 Å². The molecule has 1 aromatic rings. The number of aromatic nitrogens is 1. The molecule has 2 heterocycles. The van der Waals surface area contributed by atoms with Gasteiger partial charge >= 0.3 is 0 Å². The Bertz CT molecular complexity index is 303. The highest BCUT2D eigenvalue weighted by Crippen LogP contribution is 2.20. The van der Waals surface area contributed by atoms with Crippen LogP contribution in [0.1, 0.15) is 12.0 Å². The Labute approximate surface area is 90.7 Å². The molecular weight excluding hydrogens is 198 g/mol. The molecule has 78 valence electrons. The lowest BCUT2D eigenvalue weighted by Gasteiger charge is -2.18. The number of nitrogens with zero attached hydrogens (tertiary/aromatic N) is 2. The number of nitrogens with two attached hydrogens (primary N) is 1. The van der Waals surface area contributed by atoms with Crippen LogP contribution in [0.5, 0.6) is 0 Å². The fraction of sp³-hybridized carbons (Fsp3) is 0.500. The van der Waals surface area contributed by atoms with E-state index in [1.807, 2.05) is 12.3 Å². The average Bonchev–Trinajstić information content (AvgIpc) is 2.53. The molecule has 14 heavy (non-hydrogen) atoms. The van der Waals surface area contributed by atoms with Crippen molar-refractivity contribution in [2.24, 2.45) is 5.73 Å². The molecule has 1 fully saturated rings. The topological polar surface area (TPSA) is 42.2 Å². The highest BCUT2D eigenvalue weighted by atomic mass is 35.5. The van der Waals surface area contributed by atoms with Crippen LogP contribution < -0.4 is 23.0 Å². The fourth-order valence-corrected chi connectivity index (χ4v) is 1.79. The minimum absolute atomic E-state index is 0. The molecule has 1 aromatic heterocycles. The van der Waals surface area contributed by atoms with Crippen molar-refractivity contribution in [3.05, 3.63) is 23.9 Å². The van der Waals surface area contributed by atoms with Gasteiger partial charge in [-0.1, -0.05) is 6.07 Å². The number of anilines is 1. The van der Waals surface area contributed by atoms with Gasteiger partial charge in [-0.15, -0.1) is 0 Å². The Morgan fingerprint density at radius 3 is 2.93 bits per heavy atom. The Morgan fingerprint density at radius 1 is 1.57 bits per heavy atom. The van der Waals surface area contributed by atoms with E-state index in [9.17, 15) is 0 Å². The summed E-state index contributed by atoms with van der Waals surface area (Å²) in [5.41, 5.74) is 7.08. The SMILES string of the molecule is Cc1cccnc1N1CC[C@H](N)C1.[Cl-]. The smallest absolute Gasteiger partial charge is 0.131 e. The zero-order valence-corrected chi connectivity index (χ0v) is 9.04. The maximum absolute atomic E-state index is 5.84. The summed E-state index contributed by atoms with van der Waals surface area (Å²) in [4.78, 5) is 6.63. The normalized spacial score (nSPS) is 20.7. The second kappa shape index (κ2) is 4.62. The zero-order valence-electron chi connectivity index (χ0n) is 8.28. The van der Waals surface area contributed by atoms with E-state index < -0.39 is 0 Å². The molecule has 0 saturated carbocycles. The summed E-state index contributed by atoms with van der Waals surface area (Å²) in [6.45, 7) is 4.07. The van der Waals surface area contributed by atoms with Gasteiger partial charge in [0, 0.05) is 25.3 Å². The predicted octanol–water partition coefficient (Wildman–Crippen LogP) is -2.07. The third-order valence-corrected chi connectivity index (χ3v) is 2.51. The maximum Gasteiger partial charge on any atom is 0.131 e. The molecule has 0 bridgehead atoms. The molecule has 0 amide bonds. The first-order valence-corrected chi connectivity index (χ1v) is 4.69. The lowest BCUT2D eigenvalue weighted by molar-refractivity contribution is -0.00000293. The Morgan fingerprint density at radius 2 is 2.36 bits per heavy atom. The van der Waals surface area contributed by atoms with E-state index in [0.717, 1.165) is 25.3 Å². The summed E-state index contributed by atoms with van der Waals surface area (Å²) < 4.78 is 0. The molecule has 0 aliphatic carbocycles.